The van der Waals surface area contributed by atoms with E-state index in [1.165, 1.54) is 16.7 Å². The predicted octanol–water partition coefficient (Wildman–Crippen LogP) is 4.10. The van der Waals surface area contributed by atoms with Gasteiger partial charge in [0.15, 0.2) is 0 Å². The van der Waals surface area contributed by atoms with Crippen molar-refractivity contribution in [1.82, 2.24) is 4.98 Å². The molecule has 128 valence electrons. The van der Waals surface area contributed by atoms with Gasteiger partial charge in [0.05, 0.1) is 7.11 Å². The van der Waals surface area contributed by atoms with Crippen molar-refractivity contribution in [3.05, 3.63) is 77.4 Å². The van der Waals surface area contributed by atoms with Gasteiger partial charge in [0.25, 0.3) is 0 Å². The maximum Gasteiger partial charge on any atom is 0.220 e. The minimum atomic E-state index is 0.384. The Balaban J connectivity index is 1.80. The lowest BCUT2D eigenvalue weighted by atomic mass is 9.97. The molecule has 0 saturated heterocycles. The third-order valence-electron chi connectivity index (χ3n) is 4.23. The van der Waals surface area contributed by atoms with E-state index in [4.69, 9.17) is 15.2 Å². The molecule has 3 rings (SSSR count). The van der Waals surface area contributed by atoms with E-state index in [-0.39, 0.29) is 0 Å². The fourth-order valence-corrected chi connectivity index (χ4v) is 2.79. The second-order valence-electron chi connectivity index (χ2n) is 5.77. The number of nitrogens with zero attached hydrogens (tertiary/aromatic N) is 1. The molecule has 0 bridgehead atoms. The Labute approximate surface area is 148 Å². The van der Waals surface area contributed by atoms with Crippen LogP contribution in [0.25, 0.3) is 11.1 Å². The molecule has 4 heteroatoms. The van der Waals surface area contributed by atoms with Crippen molar-refractivity contribution in [2.24, 2.45) is 5.73 Å². The molecule has 1 heterocycles. The van der Waals surface area contributed by atoms with E-state index in [1.807, 2.05) is 30.3 Å². The van der Waals surface area contributed by atoms with Crippen LogP contribution in [-0.2, 0) is 13.2 Å². The quantitative estimate of drug-likeness (QED) is 0.737. The molecule has 0 amide bonds. The molecule has 0 unspecified atom stereocenters. The number of hydrogen-bond donors (Lipinski definition) is 1. The van der Waals surface area contributed by atoms with Gasteiger partial charge in [-0.25, -0.2) is 0 Å². The third kappa shape index (κ3) is 3.80. The fraction of sp³-hybridized carbons (Fsp3) is 0.190. The minimum Gasteiger partial charge on any atom is -0.481 e. The summed E-state index contributed by atoms with van der Waals surface area (Å²) in [7, 11) is 1.58. The van der Waals surface area contributed by atoms with Crippen LogP contribution in [0.5, 0.6) is 11.8 Å². The zero-order valence-corrected chi connectivity index (χ0v) is 14.5. The molecular weight excluding hydrogens is 312 g/mol. The number of methoxy groups -OCH3 is 1. The number of hydrogen-bond acceptors (Lipinski definition) is 4. The van der Waals surface area contributed by atoms with Gasteiger partial charge in [-0.15, -0.1) is 0 Å². The Bertz CT molecular complexity index is 848. The Kier molecular flexibility index (Phi) is 5.31. The normalized spacial score (nSPS) is 10.5. The van der Waals surface area contributed by atoms with Crippen molar-refractivity contribution in [3.63, 3.8) is 0 Å². The predicted molar refractivity (Wildman–Crippen MR) is 99.6 cm³/mol. The first-order valence-electron chi connectivity index (χ1n) is 8.23. The number of aromatic nitrogens is 1. The standard InChI is InChI=1S/C21H22N2O2/c1-15-18(9-6-10-19(15)16-7-4-3-5-8-16)14-25-20-12-11-17(13-22)21(23-20)24-2/h3-12H,13-14,22H2,1-2H3. The van der Waals surface area contributed by atoms with Crippen LogP contribution in [0.1, 0.15) is 16.7 Å². The molecular formula is C21H22N2O2. The summed E-state index contributed by atoms with van der Waals surface area (Å²) in [6.45, 7) is 2.95. The Morgan fingerprint density at radius 1 is 0.920 bits per heavy atom. The lowest BCUT2D eigenvalue weighted by molar-refractivity contribution is 0.285. The first kappa shape index (κ1) is 17.0. The fourth-order valence-electron chi connectivity index (χ4n) is 2.79. The number of pyridine rings is 1. The van der Waals surface area contributed by atoms with Gasteiger partial charge in [-0.3, -0.25) is 0 Å². The first-order valence-corrected chi connectivity index (χ1v) is 8.23. The van der Waals surface area contributed by atoms with E-state index in [0.717, 1.165) is 11.1 Å². The van der Waals surface area contributed by atoms with Gasteiger partial charge < -0.3 is 15.2 Å². The highest BCUT2D eigenvalue weighted by Gasteiger charge is 2.09. The summed E-state index contributed by atoms with van der Waals surface area (Å²) >= 11 is 0. The lowest BCUT2D eigenvalue weighted by Crippen LogP contribution is -2.04. The highest BCUT2D eigenvalue weighted by atomic mass is 16.5. The summed E-state index contributed by atoms with van der Waals surface area (Å²) < 4.78 is 11.1. The first-order chi connectivity index (χ1) is 12.2. The molecule has 0 aliphatic rings. The van der Waals surface area contributed by atoms with E-state index in [2.05, 4.69) is 42.2 Å². The molecule has 0 saturated carbocycles. The SMILES string of the molecule is COc1nc(OCc2cccc(-c3ccccc3)c2C)ccc1CN. The molecule has 2 aromatic carbocycles. The summed E-state index contributed by atoms with van der Waals surface area (Å²) in [5.74, 6) is 1.04. The number of nitrogens with two attached hydrogens (primary N) is 1. The second-order valence-corrected chi connectivity index (χ2v) is 5.77. The largest absolute Gasteiger partial charge is 0.481 e. The van der Waals surface area contributed by atoms with E-state index in [0.29, 0.717) is 24.9 Å². The van der Waals surface area contributed by atoms with Crippen LogP contribution in [0, 0.1) is 6.92 Å². The van der Waals surface area contributed by atoms with Gasteiger partial charge in [0, 0.05) is 18.2 Å². The molecule has 0 aliphatic heterocycles. The topological polar surface area (TPSA) is 57.4 Å². The van der Waals surface area contributed by atoms with Gasteiger partial charge in [-0.2, -0.15) is 4.98 Å². The van der Waals surface area contributed by atoms with Crippen LogP contribution in [0.15, 0.2) is 60.7 Å². The highest BCUT2D eigenvalue weighted by molar-refractivity contribution is 5.68. The maximum atomic E-state index is 5.87. The molecule has 0 fully saturated rings. The molecule has 3 aromatic rings. The van der Waals surface area contributed by atoms with Gasteiger partial charge in [0.1, 0.15) is 6.61 Å². The second kappa shape index (κ2) is 7.81. The van der Waals surface area contributed by atoms with E-state index >= 15 is 0 Å². The van der Waals surface area contributed by atoms with Crippen molar-refractivity contribution in [2.75, 3.05) is 7.11 Å². The minimum absolute atomic E-state index is 0.384. The van der Waals surface area contributed by atoms with Crippen molar-refractivity contribution in [1.29, 1.82) is 0 Å². The van der Waals surface area contributed by atoms with Gasteiger partial charge in [-0.1, -0.05) is 48.5 Å². The van der Waals surface area contributed by atoms with Crippen molar-refractivity contribution in [2.45, 2.75) is 20.1 Å². The van der Waals surface area contributed by atoms with Gasteiger partial charge in [-0.05, 0) is 35.2 Å². The van der Waals surface area contributed by atoms with Crippen molar-refractivity contribution >= 4 is 0 Å². The van der Waals surface area contributed by atoms with Crippen LogP contribution in [-0.4, -0.2) is 12.1 Å². The van der Waals surface area contributed by atoms with E-state index < -0.39 is 0 Å². The molecule has 25 heavy (non-hydrogen) atoms. The van der Waals surface area contributed by atoms with E-state index in [9.17, 15) is 0 Å². The van der Waals surface area contributed by atoms with Gasteiger partial charge >= 0.3 is 0 Å². The molecule has 0 atom stereocenters. The molecule has 1 aromatic heterocycles. The van der Waals surface area contributed by atoms with Crippen LogP contribution < -0.4 is 15.2 Å². The summed E-state index contributed by atoms with van der Waals surface area (Å²) in [6, 6.07) is 20.3. The van der Waals surface area contributed by atoms with Crippen molar-refractivity contribution < 1.29 is 9.47 Å². The maximum absolute atomic E-state index is 5.87. The zero-order valence-electron chi connectivity index (χ0n) is 14.5. The summed E-state index contributed by atoms with van der Waals surface area (Å²) in [5.41, 5.74) is 11.3. The summed E-state index contributed by atoms with van der Waals surface area (Å²) in [4.78, 5) is 4.36. The van der Waals surface area contributed by atoms with Crippen molar-refractivity contribution in [3.8, 4) is 22.9 Å². The zero-order chi connectivity index (χ0) is 17.6. The Morgan fingerprint density at radius 3 is 2.44 bits per heavy atom. The third-order valence-corrected chi connectivity index (χ3v) is 4.23. The molecule has 4 nitrogen and oxygen atoms in total. The number of benzene rings is 2. The average molecular weight is 334 g/mol. The Hall–Kier alpha value is -2.85. The molecule has 0 radical (unpaired) electrons. The van der Waals surface area contributed by atoms with Crippen LogP contribution in [0.3, 0.4) is 0 Å². The lowest BCUT2D eigenvalue weighted by Gasteiger charge is -2.13. The van der Waals surface area contributed by atoms with Crippen LogP contribution >= 0.6 is 0 Å². The summed E-state index contributed by atoms with van der Waals surface area (Å²) in [6.07, 6.45) is 0. The number of ether oxygens (including phenoxy) is 2. The van der Waals surface area contributed by atoms with E-state index in [1.54, 1.807) is 7.11 Å². The van der Waals surface area contributed by atoms with Crippen LogP contribution in [0.4, 0.5) is 0 Å². The summed E-state index contributed by atoms with van der Waals surface area (Å²) in [5, 5.41) is 0. The monoisotopic (exact) mass is 334 g/mol. The Morgan fingerprint density at radius 2 is 1.72 bits per heavy atom. The number of rotatable bonds is 6. The van der Waals surface area contributed by atoms with Crippen LogP contribution in [0.2, 0.25) is 0 Å². The molecule has 2 N–H and O–H groups in total. The highest BCUT2D eigenvalue weighted by Crippen LogP contribution is 2.26. The smallest absolute Gasteiger partial charge is 0.220 e. The molecule has 0 spiro atoms. The average Bonchev–Trinajstić information content (AvgIpc) is 2.67. The molecule has 0 aliphatic carbocycles. The van der Waals surface area contributed by atoms with Gasteiger partial charge in [0.2, 0.25) is 11.8 Å².